The van der Waals surface area contributed by atoms with Crippen LogP contribution < -0.4 is 4.74 Å². The molecule has 0 heterocycles. The van der Waals surface area contributed by atoms with Crippen molar-refractivity contribution >= 4 is 5.78 Å². The van der Waals surface area contributed by atoms with E-state index in [2.05, 4.69) is 4.74 Å². The van der Waals surface area contributed by atoms with Gasteiger partial charge >= 0.3 is 6.61 Å². The molecular formula is C14H7F5O2. The van der Waals surface area contributed by atoms with Crippen LogP contribution in [0.3, 0.4) is 0 Å². The Kier molecular flexibility index (Phi) is 4.21. The van der Waals surface area contributed by atoms with Crippen LogP contribution in [0.2, 0.25) is 0 Å². The largest absolute Gasteiger partial charge is 0.435 e. The van der Waals surface area contributed by atoms with Gasteiger partial charge in [-0.3, -0.25) is 4.79 Å². The molecule has 2 nitrogen and oxygen atoms in total. The summed E-state index contributed by atoms with van der Waals surface area (Å²) in [5.74, 6) is -5.08. The Bertz CT molecular complexity index is 645. The van der Waals surface area contributed by atoms with Crippen LogP contribution in [0, 0.1) is 17.5 Å². The topological polar surface area (TPSA) is 26.3 Å². The molecule has 2 rings (SSSR count). The van der Waals surface area contributed by atoms with E-state index in [1.54, 1.807) is 0 Å². The Morgan fingerprint density at radius 2 is 1.48 bits per heavy atom. The van der Waals surface area contributed by atoms with Crippen molar-refractivity contribution in [2.24, 2.45) is 0 Å². The highest BCUT2D eigenvalue weighted by Gasteiger charge is 2.20. The standard InChI is InChI=1S/C14H7F5O2/c15-8-5-10(16)12(11(17)6-8)13(20)7-1-3-9(4-2-7)21-14(18)19/h1-6,14H. The van der Waals surface area contributed by atoms with Crippen molar-refractivity contribution in [2.45, 2.75) is 6.61 Å². The lowest BCUT2D eigenvalue weighted by Crippen LogP contribution is -2.08. The molecule has 0 bridgehead atoms. The molecule has 21 heavy (non-hydrogen) atoms. The van der Waals surface area contributed by atoms with E-state index in [9.17, 15) is 26.7 Å². The predicted octanol–water partition coefficient (Wildman–Crippen LogP) is 3.94. The van der Waals surface area contributed by atoms with Gasteiger partial charge in [-0.25, -0.2) is 13.2 Å². The molecule has 0 aromatic heterocycles. The van der Waals surface area contributed by atoms with Gasteiger partial charge in [0.2, 0.25) is 0 Å². The molecule has 0 spiro atoms. The van der Waals surface area contributed by atoms with E-state index in [1.807, 2.05) is 0 Å². The number of carbonyl (C=O) groups is 1. The highest BCUT2D eigenvalue weighted by Crippen LogP contribution is 2.21. The van der Waals surface area contributed by atoms with E-state index in [4.69, 9.17) is 0 Å². The molecule has 0 unspecified atom stereocenters. The fraction of sp³-hybridized carbons (Fsp3) is 0.0714. The molecule has 7 heteroatoms. The molecule has 0 saturated heterocycles. The lowest BCUT2D eigenvalue weighted by Gasteiger charge is -2.07. The highest BCUT2D eigenvalue weighted by atomic mass is 19.3. The number of hydrogen-bond donors (Lipinski definition) is 0. The van der Waals surface area contributed by atoms with E-state index >= 15 is 0 Å². The van der Waals surface area contributed by atoms with Crippen LogP contribution in [0.1, 0.15) is 15.9 Å². The van der Waals surface area contributed by atoms with Crippen molar-refractivity contribution in [2.75, 3.05) is 0 Å². The zero-order valence-electron chi connectivity index (χ0n) is 10.2. The van der Waals surface area contributed by atoms with Gasteiger partial charge in [-0.15, -0.1) is 0 Å². The SMILES string of the molecule is O=C(c1ccc(OC(F)F)cc1)c1c(F)cc(F)cc1F. The summed E-state index contributed by atoms with van der Waals surface area (Å²) in [5, 5.41) is 0. The monoisotopic (exact) mass is 302 g/mol. The first-order valence-electron chi connectivity index (χ1n) is 5.62. The lowest BCUT2D eigenvalue weighted by molar-refractivity contribution is -0.0498. The fourth-order valence-electron chi connectivity index (χ4n) is 1.69. The van der Waals surface area contributed by atoms with Gasteiger partial charge in [-0.05, 0) is 24.3 Å². The lowest BCUT2D eigenvalue weighted by atomic mass is 10.0. The molecule has 2 aromatic rings. The van der Waals surface area contributed by atoms with Crippen LogP contribution in [0.4, 0.5) is 22.0 Å². The molecule has 110 valence electrons. The maximum Gasteiger partial charge on any atom is 0.387 e. The average Bonchev–Trinajstić information content (AvgIpc) is 2.37. The number of ether oxygens (including phenoxy) is 1. The Morgan fingerprint density at radius 1 is 0.952 bits per heavy atom. The minimum atomic E-state index is -3.03. The number of carbonyl (C=O) groups excluding carboxylic acids is 1. The normalized spacial score (nSPS) is 10.8. The maximum absolute atomic E-state index is 13.5. The number of alkyl halides is 2. The van der Waals surface area contributed by atoms with E-state index < -0.39 is 35.4 Å². The molecule has 0 N–H and O–H groups in total. The van der Waals surface area contributed by atoms with Gasteiger partial charge in [0.25, 0.3) is 0 Å². The van der Waals surface area contributed by atoms with Crippen molar-refractivity contribution in [3.05, 3.63) is 65.0 Å². The zero-order chi connectivity index (χ0) is 15.6. The number of rotatable bonds is 4. The molecular weight excluding hydrogens is 295 g/mol. The second-order valence-electron chi connectivity index (χ2n) is 3.98. The Hall–Kier alpha value is -2.44. The predicted molar refractivity (Wildman–Crippen MR) is 62.8 cm³/mol. The first-order chi connectivity index (χ1) is 9.88. The van der Waals surface area contributed by atoms with Gasteiger partial charge < -0.3 is 4.74 Å². The number of halogens is 5. The minimum absolute atomic E-state index is 0.152. The third kappa shape index (κ3) is 3.36. The van der Waals surface area contributed by atoms with Crippen molar-refractivity contribution in [3.8, 4) is 5.75 Å². The van der Waals surface area contributed by atoms with Gasteiger partial charge in [-0.1, -0.05) is 0 Å². The summed E-state index contributed by atoms with van der Waals surface area (Å²) in [6.07, 6.45) is 0. The quantitative estimate of drug-likeness (QED) is 0.632. The molecule has 0 aliphatic rings. The molecule has 0 saturated carbocycles. The Morgan fingerprint density at radius 3 is 1.95 bits per heavy atom. The van der Waals surface area contributed by atoms with E-state index in [0.717, 1.165) is 24.3 Å². The van der Waals surface area contributed by atoms with Crippen molar-refractivity contribution in [3.63, 3.8) is 0 Å². The average molecular weight is 302 g/mol. The highest BCUT2D eigenvalue weighted by molar-refractivity contribution is 6.09. The summed E-state index contributed by atoms with van der Waals surface area (Å²) in [6, 6.07) is 5.01. The van der Waals surface area contributed by atoms with E-state index in [-0.39, 0.29) is 11.3 Å². The van der Waals surface area contributed by atoms with Gasteiger partial charge in [0, 0.05) is 17.7 Å². The molecule has 0 aliphatic heterocycles. The molecule has 2 aromatic carbocycles. The third-order valence-corrected chi connectivity index (χ3v) is 2.58. The maximum atomic E-state index is 13.5. The van der Waals surface area contributed by atoms with Crippen LogP contribution in [0.15, 0.2) is 36.4 Å². The molecule has 0 aliphatic carbocycles. The first kappa shape index (κ1) is 15.0. The van der Waals surface area contributed by atoms with Gasteiger partial charge in [-0.2, -0.15) is 8.78 Å². The van der Waals surface area contributed by atoms with Crippen LogP contribution in [-0.2, 0) is 0 Å². The smallest absolute Gasteiger partial charge is 0.387 e. The summed E-state index contributed by atoms with van der Waals surface area (Å²) in [5.41, 5.74) is -1.07. The number of benzene rings is 2. The molecule has 0 fully saturated rings. The van der Waals surface area contributed by atoms with Crippen LogP contribution in [0.5, 0.6) is 5.75 Å². The fourth-order valence-corrected chi connectivity index (χ4v) is 1.69. The molecule has 0 radical (unpaired) electrons. The van der Waals surface area contributed by atoms with E-state index in [1.165, 1.54) is 0 Å². The van der Waals surface area contributed by atoms with Crippen molar-refractivity contribution < 1.29 is 31.5 Å². The second kappa shape index (κ2) is 5.90. The summed E-state index contributed by atoms with van der Waals surface area (Å²) in [6.45, 7) is -3.03. The number of ketones is 1. The Balaban J connectivity index is 2.32. The number of hydrogen-bond acceptors (Lipinski definition) is 2. The van der Waals surface area contributed by atoms with Gasteiger partial charge in [0.05, 0.1) is 5.56 Å². The summed E-state index contributed by atoms with van der Waals surface area (Å²) in [4.78, 5) is 11.9. The second-order valence-corrected chi connectivity index (χ2v) is 3.98. The van der Waals surface area contributed by atoms with Gasteiger partial charge in [0.15, 0.2) is 5.78 Å². The summed E-state index contributed by atoms with van der Waals surface area (Å²) >= 11 is 0. The molecule has 0 amide bonds. The Labute approximate surface area is 115 Å². The van der Waals surface area contributed by atoms with Crippen molar-refractivity contribution in [1.29, 1.82) is 0 Å². The molecule has 0 atom stereocenters. The zero-order valence-corrected chi connectivity index (χ0v) is 10.2. The van der Waals surface area contributed by atoms with Crippen LogP contribution in [-0.4, -0.2) is 12.4 Å². The van der Waals surface area contributed by atoms with Crippen LogP contribution in [0.25, 0.3) is 0 Å². The minimum Gasteiger partial charge on any atom is -0.435 e. The van der Waals surface area contributed by atoms with Gasteiger partial charge in [0.1, 0.15) is 23.2 Å². The first-order valence-corrected chi connectivity index (χ1v) is 5.62. The van der Waals surface area contributed by atoms with Crippen molar-refractivity contribution in [1.82, 2.24) is 0 Å². The third-order valence-electron chi connectivity index (χ3n) is 2.58. The van der Waals surface area contributed by atoms with Crippen LogP contribution >= 0.6 is 0 Å². The summed E-state index contributed by atoms with van der Waals surface area (Å²) < 4.78 is 67.7. The summed E-state index contributed by atoms with van der Waals surface area (Å²) in [7, 11) is 0. The van der Waals surface area contributed by atoms with E-state index in [0.29, 0.717) is 12.1 Å².